The Kier molecular flexibility index (Phi) is 13.7. The van der Waals surface area contributed by atoms with Gasteiger partial charge in [0.05, 0.1) is 6.04 Å². The molecular formula is C28H40N5O7PS. The molecule has 0 spiro atoms. The minimum Gasteiger partial charge on any atom is -0.480 e. The Morgan fingerprint density at radius 1 is 0.810 bits per heavy atom. The van der Waals surface area contributed by atoms with Gasteiger partial charge in [0.15, 0.2) is 0 Å². The van der Waals surface area contributed by atoms with Crippen molar-refractivity contribution in [2.75, 3.05) is 5.75 Å². The molecular weight excluding hydrogens is 581 g/mol. The Bertz CT molecular complexity index is 1250. The fraction of sp³-hybridized carbons (Fsp3) is 0.429. The van der Waals surface area contributed by atoms with Gasteiger partial charge in [0.1, 0.15) is 23.9 Å². The molecule has 3 amide bonds. The third-order valence-electron chi connectivity index (χ3n) is 6.49. The molecule has 0 bridgehead atoms. The van der Waals surface area contributed by atoms with Crippen LogP contribution in [0.4, 0.5) is 0 Å². The van der Waals surface area contributed by atoms with Crippen molar-refractivity contribution in [2.45, 2.75) is 63.6 Å². The van der Waals surface area contributed by atoms with Crippen molar-refractivity contribution in [1.29, 1.82) is 0 Å². The van der Waals surface area contributed by atoms with Gasteiger partial charge in [-0.15, -0.1) is 0 Å². The van der Waals surface area contributed by atoms with E-state index in [1.807, 2.05) is 6.07 Å². The first-order valence-corrected chi connectivity index (χ1v) is 15.8. The summed E-state index contributed by atoms with van der Waals surface area (Å²) in [5.41, 5.74) is 7.17. The highest BCUT2D eigenvalue weighted by Crippen LogP contribution is 2.41. The van der Waals surface area contributed by atoms with E-state index in [-0.39, 0.29) is 18.6 Å². The molecule has 0 aliphatic carbocycles. The topological polar surface area (TPSA) is 200 Å². The molecule has 0 aliphatic rings. The van der Waals surface area contributed by atoms with E-state index in [0.717, 1.165) is 5.56 Å². The van der Waals surface area contributed by atoms with Crippen LogP contribution in [-0.2, 0) is 36.6 Å². The van der Waals surface area contributed by atoms with Crippen LogP contribution in [0.3, 0.4) is 0 Å². The summed E-state index contributed by atoms with van der Waals surface area (Å²) in [6.07, 6.45) is 0.0613. The fourth-order valence-corrected chi connectivity index (χ4v) is 5.31. The molecule has 2 rings (SSSR count). The highest BCUT2D eigenvalue weighted by Gasteiger charge is 2.36. The highest BCUT2D eigenvalue weighted by molar-refractivity contribution is 7.80. The lowest BCUT2D eigenvalue weighted by atomic mass is 10.0. The van der Waals surface area contributed by atoms with E-state index in [1.54, 1.807) is 68.4 Å². The first-order chi connectivity index (χ1) is 19.7. The Labute approximate surface area is 251 Å². The maximum Gasteiger partial charge on any atom is 0.321 e. The second-order valence-electron chi connectivity index (χ2n) is 10.3. The Morgan fingerprint density at radius 2 is 1.31 bits per heavy atom. The number of rotatable bonds is 16. The number of carboxylic acids is 1. The van der Waals surface area contributed by atoms with Crippen molar-refractivity contribution in [1.82, 2.24) is 21.0 Å². The zero-order valence-corrected chi connectivity index (χ0v) is 25.6. The van der Waals surface area contributed by atoms with E-state index in [2.05, 4.69) is 33.7 Å². The average molecular weight is 622 g/mol. The lowest BCUT2D eigenvalue weighted by molar-refractivity contribution is -0.139. The molecule has 6 atom stereocenters. The molecule has 8 N–H and O–H groups in total. The van der Waals surface area contributed by atoms with Gasteiger partial charge in [-0.3, -0.25) is 23.7 Å². The second kappa shape index (κ2) is 16.4. The van der Waals surface area contributed by atoms with E-state index >= 15 is 0 Å². The van der Waals surface area contributed by atoms with Crippen molar-refractivity contribution in [2.24, 2.45) is 11.7 Å². The predicted molar refractivity (Wildman–Crippen MR) is 163 cm³/mol. The first kappa shape index (κ1) is 35.0. The number of hydrogen-bond donors (Lipinski definition) is 8. The molecule has 0 heterocycles. The molecule has 2 unspecified atom stereocenters. The standard InChI is InChI=1S/C28H40N5O7PS/c1-17(2)24(32-26(35)22(31-25(34)21(29)16-42)14-19-10-6-4-7-11-19)27(36)30-18(3)41(39,40)33-23(28(37)38)15-20-12-8-5-9-13-20/h4-13,17-18,21-24,42H,14-16,29H2,1-3H3,(H,30,36)(H,31,34)(H,32,35)(H,37,38)(H2,33,39,40)/t18?,21-,22-,23-,24-/m0/s1. The summed E-state index contributed by atoms with van der Waals surface area (Å²) in [6, 6.07) is 13.0. The van der Waals surface area contributed by atoms with Crippen LogP contribution in [0.15, 0.2) is 60.7 Å². The number of aliphatic carboxylic acids is 1. The van der Waals surface area contributed by atoms with Gasteiger partial charge < -0.3 is 31.7 Å². The van der Waals surface area contributed by atoms with Crippen LogP contribution in [0.2, 0.25) is 0 Å². The van der Waals surface area contributed by atoms with Gasteiger partial charge in [0.2, 0.25) is 17.7 Å². The van der Waals surface area contributed by atoms with Crippen LogP contribution >= 0.6 is 20.1 Å². The molecule has 0 fully saturated rings. The van der Waals surface area contributed by atoms with Gasteiger partial charge in [-0.2, -0.15) is 12.6 Å². The molecule has 0 aromatic heterocycles. The molecule has 14 heteroatoms. The van der Waals surface area contributed by atoms with Crippen LogP contribution in [0.5, 0.6) is 0 Å². The molecule has 0 radical (unpaired) electrons. The van der Waals surface area contributed by atoms with Crippen molar-refractivity contribution in [3.05, 3.63) is 71.8 Å². The van der Waals surface area contributed by atoms with Crippen LogP contribution in [-0.4, -0.2) is 69.4 Å². The normalized spacial score (nSPS) is 16.3. The Hall–Kier alpha value is -3.22. The largest absolute Gasteiger partial charge is 0.480 e. The van der Waals surface area contributed by atoms with Crippen LogP contribution in [0.25, 0.3) is 0 Å². The number of nitrogens with one attached hydrogen (secondary N) is 4. The summed E-state index contributed by atoms with van der Waals surface area (Å²) in [5, 5.41) is 19.6. The zero-order chi connectivity index (χ0) is 31.4. The lowest BCUT2D eigenvalue weighted by Crippen LogP contribution is -2.58. The summed E-state index contributed by atoms with van der Waals surface area (Å²) in [5.74, 6) is -5.12. The molecule has 0 aliphatic heterocycles. The molecule has 2 aromatic rings. The molecule has 0 saturated heterocycles. The number of benzene rings is 2. The molecule has 0 saturated carbocycles. The van der Waals surface area contributed by atoms with Gasteiger partial charge in [-0.05, 0) is 30.4 Å². The highest BCUT2D eigenvalue weighted by atomic mass is 32.1. The number of carbonyl (C=O) groups excluding carboxylic acids is 3. The Balaban J connectivity index is 2.15. The molecule has 230 valence electrons. The van der Waals surface area contributed by atoms with Crippen LogP contribution in [0.1, 0.15) is 31.9 Å². The summed E-state index contributed by atoms with van der Waals surface area (Å²) < 4.78 is 13.1. The van der Waals surface area contributed by atoms with Gasteiger partial charge >= 0.3 is 5.97 Å². The van der Waals surface area contributed by atoms with Crippen molar-refractivity contribution in [3.8, 4) is 0 Å². The monoisotopic (exact) mass is 621 g/mol. The number of carboxylic acid groups (broad SMARTS) is 1. The van der Waals surface area contributed by atoms with E-state index in [4.69, 9.17) is 5.73 Å². The van der Waals surface area contributed by atoms with E-state index in [9.17, 15) is 33.7 Å². The fourth-order valence-electron chi connectivity index (χ4n) is 3.97. The average Bonchev–Trinajstić information content (AvgIpc) is 2.95. The maximum atomic E-state index is 13.3. The minimum atomic E-state index is -4.44. The summed E-state index contributed by atoms with van der Waals surface area (Å²) in [7, 11) is -4.44. The van der Waals surface area contributed by atoms with Crippen molar-refractivity contribution >= 4 is 43.8 Å². The SMILES string of the molecule is CC(C)[C@H](NC(=O)[C@H](Cc1ccccc1)NC(=O)[C@@H](N)CS)C(=O)NC(C)P(=O)(O)N[C@@H](Cc1ccccc1)C(=O)O. The van der Waals surface area contributed by atoms with Gasteiger partial charge in [0, 0.05) is 12.2 Å². The second-order valence-corrected chi connectivity index (χ2v) is 12.9. The number of hydrogen-bond acceptors (Lipinski definition) is 7. The van der Waals surface area contributed by atoms with Crippen molar-refractivity contribution < 1.29 is 33.7 Å². The number of nitrogens with two attached hydrogens (primary N) is 1. The first-order valence-electron chi connectivity index (χ1n) is 13.4. The Morgan fingerprint density at radius 3 is 1.76 bits per heavy atom. The smallest absolute Gasteiger partial charge is 0.321 e. The maximum absolute atomic E-state index is 13.3. The molecule has 2 aromatic carbocycles. The predicted octanol–water partition coefficient (Wildman–Crippen LogP) is 1.04. The third-order valence-corrected chi connectivity index (χ3v) is 8.75. The van der Waals surface area contributed by atoms with Gasteiger partial charge in [-0.25, -0.2) is 5.09 Å². The van der Waals surface area contributed by atoms with Gasteiger partial charge in [0.25, 0.3) is 7.52 Å². The van der Waals surface area contributed by atoms with Gasteiger partial charge in [-0.1, -0.05) is 74.5 Å². The minimum absolute atomic E-state index is 0.0581. The number of amides is 3. The number of carbonyl (C=O) groups is 4. The quantitative estimate of drug-likeness (QED) is 0.0997. The van der Waals surface area contributed by atoms with Crippen molar-refractivity contribution in [3.63, 3.8) is 0 Å². The lowest BCUT2D eigenvalue weighted by Gasteiger charge is -2.29. The molecule has 42 heavy (non-hydrogen) atoms. The van der Waals surface area contributed by atoms with E-state index in [1.165, 1.54) is 6.92 Å². The molecule has 12 nitrogen and oxygen atoms in total. The third kappa shape index (κ3) is 10.9. The summed E-state index contributed by atoms with van der Waals surface area (Å²) in [4.78, 5) is 61.5. The van der Waals surface area contributed by atoms with E-state index in [0.29, 0.717) is 5.56 Å². The number of thiol groups is 1. The zero-order valence-electron chi connectivity index (χ0n) is 23.8. The van der Waals surface area contributed by atoms with E-state index < -0.39 is 67.1 Å². The van der Waals surface area contributed by atoms with Crippen LogP contribution < -0.4 is 26.8 Å². The summed E-state index contributed by atoms with van der Waals surface area (Å²) >= 11 is 4.03. The van der Waals surface area contributed by atoms with Crippen LogP contribution in [0, 0.1) is 5.92 Å². The summed E-state index contributed by atoms with van der Waals surface area (Å²) in [6.45, 7) is 4.62.